The van der Waals surface area contributed by atoms with Gasteiger partial charge in [-0.05, 0) is 49.7 Å². The third-order valence-corrected chi connectivity index (χ3v) is 2.91. The normalized spacial score (nSPS) is 10.2. The summed E-state index contributed by atoms with van der Waals surface area (Å²) in [5, 5.41) is 14.2. The summed E-state index contributed by atoms with van der Waals surface area (Å²) in [7, 11) is 0. The van der Waals surface area contributed by atoms with Crippen LogP contribution in [-0.4, -0.2) is 11.5 Å². The summed E-state index contributed by atoms with van der Waals surface area (Å²) in [4.78, 5) is 10.8. The molecule has 0 aliphatic rings. The highest BCUT2D eigenvalue weighted by atomic mass is 19.1. The second-order valence-electron chi connectivity index (χ2n) is 4.45. The molecular formula is C15H15FN2O3. The summed E-state index contributed by atoms with van der Waals surface area (Å²) in [6.45, 7) is 4.01. The minimum Gasteiger partial charge on any atom is -0.450 e. The molecule has 0 bridgehead atoms. The zero-order valence-electron chi connectivity index (χ0n) is 11.7. The lowest BCUT2D eigenvalue weighted by molar-refractivity contribution is -0.384. The number of nitrogens with zero attached hydrogens (tertiary/aromatic N) is 1. The van der Waals surface area contributed by atoms with Gasteiger partial charge in [-0.3, -0.25) is 10.1 Å². The van der Waals surface area contributed by atoms with Crippen LogP contribution in [0.3, 0.4) is 0 Å². The lowest BCUT2D eigenvalue weighted by atomic mass is 10.2. The van der Waals surface area contributed by atoms with Gasteiger partial charge in [-0.15, -0.1) is 0 Å². The SMILES string of the molecule is CCNc1cccc(Oc2ccc(F)c(C)c2)c1[N+](=O)[O-]. The number of hydrogen-bond donors (Lipinski definition) is 1. The first-order valence-corrected chi connectivity index (χ1v) is 6.48. The van der Waals surface area contributed by atoms with Gasteiger partial charge in [-0.25, -0.2) is 4.39 Å². The van der Waals surface area contributed by atoms with E-state index in [4.69, 9.17) is 4.74 Å². The van der Waals surface area contributed by atoms with Crippen LogP contribution in [0.1, 0.15) is 12.5 Å². The molecule has 5 nitrogen and oxygen atoms in total. The molecule has 6 heteroatoms. The van der Waals surface area contributed by atoms with E-state index in [1.165, 1.54) is 24.3 Å². The predicted molar refractivity (Wildman–Crippen MR) is 78.5 cm³/mol. The Hall–Kier alpha value is -2.63. The van der Waals surface area contributed by atoms with Crippen molar-refractivity contribution in [3.8, 4) is 11.5 Å². The minimum atomic E-state index is -0.496. The molecule has 0 radical (unpaired) electrons. The molecule has 0 aliphatic carbocycles. The molecule has 2 aromatic rings. The summed E-state index contributed by atoms with van der Waals surface area (Å²) in [5.41, 5.74) is 0.665. The average Bonchev–Trinajstić information content (AvgIpc) is 2.43. The molecule has 0 heterocycles. The zero-order chi connectivity index (χ0) is 15.4. The summed E-state index contributed by atoms with van der Waals surface area (Å²) >= 11 is 0. The number of para-hydroxylation sites is 1. The van der Waals surface area contributed by atoms with Crippen molar-refractivity contribution in [3.05, 3.63) is 57.9 Å². The highest BCUT2D eigenvalue weighted by Gasteiger charge is 2.21. The maximum absolute atomic E-state index is 13.2. The van der Waals surface area contributed by atoms with Gasteiger partial charge in [0.1, 0.15) is 17.3 Å². The smallest absolute Gasteiger partial charge is 0.334 e. The summed E-state index contributed by atoms with van der Waals surface area (Å²) < 4.78 is 18.8. The second kappa shape index (κ2) is 6.21. The number of halogens is 1. The Labute approximate surface area is 121 Å². The number of rotatable bonds is 5. The number of nitro groups is 1. The minimum absolute atomic E-state index is 0.115. The second-order valence-corrected chi connectivity index (χ2v) is 4.45. The molecule has 0 fully saturated rings. The molecular weight excluding hydrogens is 275 g/mol. The quantitative estimate of drug-likeness (QED) is 0.660. The van der Waals surface area contributed by atoms with Gasteiger partial charge in [-0.1, -0.05) is 6.07 Å². The first kappa shape index (κ1) is 14.8. The fraction of sp³-hybridized carbons (Fsp3) is 0.200. The monoisotopic (exact) mass is 290 g/mol. The lowest BCUT2D eigenvalue weighted by Gasteiger charge is -2.10. The van der Waals surface area contributed by atoms with E-state index in [1.54, 1.807) is 19.1 Å². The van der Waals surface area contributed by atoms with Crippen LogP contribution in [-0.2, 0) is 0 Å². The molecule has 0 unspecified atom stereocenters. The summed E-state index contributed by atoms with van der Waals surface area (Å²) in [6.07, 6.45) is 0. The number of nitro benzene ring substituents is 1. The largest absolute Gasteiger partial charge is 0.450 e. The molecule has 2 aromatic carbocycles. The number of anilines is 1. The summed E-state index contributed by atoms with van der Waals surface area (Å²) in [5.74, 6) is 0.119. The maximum atomic E-state index is 13.2. The Morgan fingerprint density at radius 1 is 1.33 bits per heavy atom. The molecule has 1 N–H and O–H groups in total. The van der Waals surface area contributed by atoms with Crippen LogP contribution in [0.2, 0.25) is 0 Å². The number of aryl methyl sites for hydroxylation is 1. The van der Waals surface area contributed by atoms with Crippen LogP contribution in [0.25, 0.3) is 0 Å². The average molecular weight is 290 g/mol. The van der Waals surface area contributed by atoms with Crippen molar-refractivity contribution in [2.75, 3.05) is 11.9 Å². The fourth-order valence-electron chi connectivity index (χ4n) is 1.93. The van der Waals surface area contributed by atoms with E-state index < -0.39 is 4.92 Å². The lowest BCUT2D eigenvalue weighted by Crippen LogP contribution is -2.02. The molecule has 0 saturated carbocycles. The van der Waals surface area contributed by atoms with Crippen LogP contribution in [0.5, 0.6) is 11.5 Å². The first-order valence-electron chi connectivity index (χ1n) is 6.48. The first-order chi connectivity index (χ1) is 10.0. The van der Waals surface area contributed by atoms with Gasteiger partial charge in [0, 0.05) is 6.54 Å². The standard InChI is InChI=1S/C15H15FN2O3/c1-3-17-13-5-4-6-14(15(13)18(19)20)21-11-7-8-12(16)10(2)9-11/h4-9,17H,3H2,1-2H3. The number of nitrogens with one attached hydrogen (secondary N) is 1. The number of hydrogen-bond acceptors (Lipinski definition) is 4. The molecule has 0 saturated heterocycles. The highest BCUT2D eigenvalue weighted by Crippen LogP contribution is 2.37. The molecule has 0 amide bonds. The van der Waals surface area contributed by atoms with E-state index >= 15 is 0 Å². The van der Waals surface area contributed by atoms with Crippen molar-refractivity contribution in [1.29, 1.82) is 0 Å². The van der Waals surface area contributed by atoms with E-state index in [0.29, 0.717) is 23.5 Å². The van der Waals surface area contributed by atoms with Gasteiger partial charge in [0.25, 0.3) is 0 Å². The van der Waals surface area contributed by atoms with Crippen molar-refractivity contribution in [3.63, 3.8) is 0 Å². The van der Waals surface area contributed by atoms with Gasteiger partial charge < -0.3 is 10.1 Å². The van der Waals surface area contributed by atoms with E-state index in [1.807, 2.05) is 6.92 Å². The van der Waals surface area contributed by atoms with Crippen LogP contribution in [0, 0.1) is 22.9 Å². The molecule has 0 aromatic heterocycles. The van der Waals surface area contributed by atoms with E-state index in [-0.39, 0.29) is 17.3 Å². The fourth-order valence-corrected chi connectivity index (χ4v) is 1.93. The number of ether oxygens (including phenoxy) is 1. The third kappa shape index (κ3) is 3.28. The van der Waals surface area contributed by atoms with Gasteiger partial charge in [0.05, 0.1) is 4.92 Å². The third-order valence-electron chi connectivity index (χ3n) is 2.91. The van der Waals surface area contributed by atoms with Gasteiger partial charge in [0.15, 0.2) is 0 Å². The zero-order valence-corrected chi connectivity index (χ0v) is 11.7. The van der Waals surface area contributed by atoms with Crippen molar-refractivity contribution >= 4 is 11.4 Å². The highest BCUT2D eigenvalue weighted by molar-refractivity contribution is 5.69. The van der Waals surface area contributed by atoms with Crippen molar-refractivity contribution in [1.82, 2.24) is 0 Å². The van der Waals surface area contributed by atoms with E-state index in [9.17, 15) is 14.5 Å². The van der Waals surface area contributed by atoms with Gasteiger partial charge in [0.2, 0.25) is 5.75 Å². The molecule has 2 rings (SSSR count). The number of benzene rings is 2. The van der Waals surface area contributed by atoms with Crippen molar-refractivity contribution < 1.29 is 14.1 Å². The van der Waals surface area contributed by atoms with E-state index in [2.05, 4.69) is 5.32 Å². The van der Waals surface area contributed by atoms with Crippen LogP contribution in [0.15, 0.2) is 36.4 Å². The van der Waals surface area contributed by atoms with Gasteiger partial charge in [-0.2, -0.15) is 0 Å². The topological polar surface area (TPSA) is 64.4 Å². The maximum Gasteiger partial charge on any atom is 0.334 e. The van der Waals surface area contributed by atoms with Crippen molar-refractivity contribution in [2.45, 2.75) is 13.8 Å². The van der Waals surface area contributed by atoms with Crippen LogP contribution in [0.4, 0.5) is 15.8 Å². The Morgan fingerprint density at radius 3 is 2.71 bits per heavy atom. The van der Waals surface area contributed by atoms with Crippen LogP contribution < -0.4 is 10.1 Å². The Morgan fingerprint density at radius 2 is 2.10 bits per heavy atom. The Bertz CT molecular complexity index is 674. The Balaban J connectivity index is 2.41. The van der Waals surface area contributed by atoms with Gasteiger partial charge >= 0.3 is 5.69 Å². The predicted octanol–water partition coefficient (Wildman–Crippen LogP) is 4.27. The molecule has 0 atom stereocenters. The van der Waals surface area contributed by atoms with Crippen molar-refractivity contribution in [2.24, 2.45) is 0 Å². The molecule has 0 spiro atoms. The molecule has 0 aliphatic heterocycles. The molecule has 21 heavy (non-hydrogen) atoms. The molecule has 110 valence electrons. The summed E-state index contributed by atoms with van der Waals surface area (Å²) in [6, 6.07) is 8.99. The van der Waals surface area contributed by atoms with E-state index in [0.717, 1.165) is 0 Å². The Kier molecular flexibility index (Phi) is 4.37. The van der Waals surface area contributed by atoms with Crippen LogP contribution >= 0.6 is 0 Å².